The molecule has 0 aromatic carbocycles. The van der Waals surface area contributed by atoms with Gasteiger partial charge >= 0.3 is 0 Å². The molecule has 2 aromatic heterocycles. The van der Waals surface area contributed by atoms with Crippen molar-refractivity contribution in [1.82, 2.24) is 25.3 Å². The summed E-state index contributed by atoms with van der Waals surface area (Å²) in [5, 5.41) is 3.04. The minimum Gasteiger partial charge on any atom is -0.363 e. The van der Waals surface area contributed by atoms with E-state index in [4.69, 9.17) is 0 Å². The van der Waals surface area contributed by atoms with E-state index in [1.54, 1.807) is 18.5 Å². The second-order valence-corrected chi connectivity index (χ2v) is 5.96. The van der Waals surface area contributed by atoms with Crippen molar-refractivity contribution in [1.29, 1.82) is 0 Å². The first-order valence-electron chi connectivity index (χ1n) is 7.95. The smallest absolute Gasteiger partial charge is 0.270 e. The van der Waals surface area contributed by atoms with Gasteiger partial charge < -0.3 is 15.1 Å². The van der Waals surface area contributed by atoms with Gasteiger partial charge in [-0.3, -0.25) is 4.79 Å². The fourth-order valence-corrected chi connectivity index (χ4v) is 2.70. The normalized spacial score (nSPS) is 17.4. The molecule has 3 heterocycles. The highest BCUT2D eigenvalue weighted by Gasteiger charge is 2.24. The van der Waals surface area contributed by atoms with E-state index in [2.05, 4.69) is 30.2 Å². The molecule has 1 aliphatic heterocycles. The maximum absolute atomic E-state index is 12.2. The highest BCUT2D eigenvalue weighted by molar-refractivity contribution is 5.92. The number of piperidine rings is 1. The monoisotopic (exact) mass is 327 g/mol. The molecular formula is C16H21N7O. The molecule has 2 aromatic rings. The summed E-state index contributed by atoms with van der Waals surface area (Å²) in [5.41, 5.74) is 0.382. The third-order valence-corrected chi connectivity index (χ3v) is 3.94. The number of aromatic nitrogens is 4. The van der Waals surface area contributed by atoms with Gasteiger partial charge in [0.25, 0.3) is 5.91 Å². The van der Waals surface area contributed by atoms with E-state index in [9.17, 15) is 4.79 Å². The van der Waals surface area contributed by atoms with Crippen molar-refractivity contribution in [3.63, 3.8) is 0 Å². The zero-order valence-electron chi connectivity index (χ0n) is 13.9. The number of carbonyl (C=O) groups excluding carboxylic acids is 1. The van der Waals surface area contributed by atoms with E-state index in [0.717, 1.165) is 25.2 Å². The Bertz CT molecular complexity index is 692. The Kier molecular flexibility index (Phi) is 4.83. The maximum Gasteiger partial charge on any atom is 0.270 e. The van der Waals surface area contributed by atoms with Crippen LogP contribution in [0.1, 0.15) is 23.3 Å². The standard InChI is InChI=1S/C16H21N7O/c1-22(2)14-6-8-18-16(21-14)23-9-3-4-12(10-23)20-15(24)13-5-7-17-11-19-13/h5-8,11-12H,3-4,9-10H2,1-2H3,(H,20,24). The van der Waals surface area contributed by atoms with Crippen molar-refractivity contribution in [2.24, 2.45) is 0 Å². The molecule has 3 rings (SSSR count). The highest BCUT2D eigenvalue weighted by Crippen LogP contribution is 2.18. The molecule has 1 atom stereocenters. The van der Waals surface area contributed by atoms with E-state index < -0.39 is 0 Å². The molecule has 24 heavy (non-hydrogen) atoms. The minimum atomic E-state index is -0.174. The lowest BCUT2D eigenvalue weighted by atomic mass is 10.1. The molecule has 1 unspecified atom stereocenters. The molecule has 0 spiro atoms. The van der Waals surface area contributed by atoms with Gasteiger partial charge in [-0.05, 0) is 25.0 Å². The first kappa shape index (κ1) is 16.1. The van der Waals surface area contributed by atoms with Crippen molar-refractivity contribution in [3.05, 3.63) is 36.5 Å². The van der Waals surface area contributed by atoms with Crippen LogP contribution in [-0.2, 0) is 0 Å². The van der Waals surface area contributed by atoms with Crippen LogP contribution in [0, 0.1) is 0 Å². The first-order chi connectivity index (χ1) is 11.6. The Balaban J connectivity index is 1.66. The van der Waals surface area contributed by atoms with Crippen molar-refractivity contribution >= 4 is 17.7 Å². The average Bonchev–Trinajstić information content (AvgIpc) is 2.63. The van der Waals surface area contributed by atoms with Crippen LogP contribution in [0.4, 0.5) is 11.8 Å². The van der Waals surface area contributed by atoms with Crippen molar-refractivity contribution in [3.8, 4) is 0 Å². The van der Waals surface area contributed by atoms with E-state index in [0.29, 0.717) is 18.2 Å². The van der Waals surface area contributed by atoms with Crippen LogP contribution in [0.2, 0.25) is 0 Å². The lowest BCUT2D eigenvalue weighted by Gasteiger charge is -2.33. The second kappa shape index (κ2) is 7.20. The highest BCUT2D eigenvalue weighted by atomic mass is 16.1. The number of carbonyl (C=O) groups is 1. The van der Waals surface area contributed by atoms with Crippen LogP contribution in [0.5, 0.6) is 0 Å². The van der Waals surface area contributed by atoms with Crippen molar-refractivity contribution < 1.29 is 4.79 Å². The van der Waals surface area contributed by atoms with Gasteiger partial charge in [-0.15, -0.1) is 0 Å². The molecule has 0 saturated carbocycles. The Labute approximate surface area is 141 Å². The number of nitrogens with one attached hydrogen (secondary N) is 1. The van der Waals surface area contributed by atoms with Gasteiger partial charge in [0.1, 0.15) is 17.8 Å². The fourth-order valence-electron chi connectivity index (χ4n) is 2.70. The number of amides is 1. The second-order valence-electron chi connectivity index (χ2n) is 5.96. The summed E-state index contributed by atoms with van der Waals surface area (Å²) >= 11 is 0. The summed E-state index contributed by atoms with van der Waals surface area (Å²) in [6.45, 7) is 1.57. The van der Waals surface area contributed by atoms with E-state index in [1.807, 2.05) is 25.1 Å². The van der Waals surface area contributed by atoms with Crippen LogP contribution in [0.25, 0.3) is 0 Å². The Hall–Kier alpha value is -2.77. The Morgan fingerprint density at radius 1 is 1.29 bits per heavy atom. The number of nitrogens with zero attached hydrogens (tertiary/aromatic N) is 6. The zero-order valence-corrected chi connectivity index (χ0v) is 13.9. The molecule has 126 valence electrons. The van der Waals surface area contributed by atoms with Gasteiger partial charge in [0.15, 0.2) is 0 Å². The summed E-state index contributed by atoms with van der Waals surface area (Å²) in [4.78, 5) is 33.1. The lowest BCUT2D eigenvalue weighted by molar-refractivity contribution is 0.0928. The minimum absolute atomic E-state index is 0.0489. The topological polar surface area (TPSA) is 87.1 Å². The molecule has 0 bridgehead atoms. The van der Waals surface area contributed by atoms with Gasteiger partial charge in [-0.2, -0.15) is 4.98 Å². The van der Waals surface area contributed by atoms with E-state index in [-0.39, 0.29) is 11.9 Å². The van der Waals surface area contributed by atoms with Crippen LogP contribution >= 0.6 is 0 Å². The number of rotatable bonds is 4. The number of anilines is 2. The molecule has 1 aliphatic rings. The molecule has 8 nitrogen and oxygen atoms in total. The summed E-state index contributed by atoms with van der Waals surface area (Å²) < 4.78 is 0. The van der Waals surface area contributed by atoms with Gasteiger partial charge in [-0.1, -0.05) is 0 Å². The average molecular weight is 327 g/mol. The third-order valence-electron chi connectivity index (χ3n) is 3.94. The maximum atomic E-state index is 12.2. The van der Waals surface area contributed by atoms with Crippen LogP contribution < -0.4 is 15.1 Å². The van der Waals surface area contributed by atoms with Gasteiger partial charge in [-0.25, -0.2) is 15.0 Å². The molecule has 1 amide bonds. The van der Waals surface area contributed by atoms with Gasteiger partial charge in [0.2, 0.25) is 5.95 Å². The van der Waals surface area contributed by atoms with Crippen LogP contribution in [0.3, 0.4) is 0 Å². The Morgan fingerprint density at radius 3 is 2.92 bits per heavy atom. The zero-order chi connectivity index (χ0) is 16.9. The molecule has 1 N–H and O–H groups in total. The largest absolute Gasteiger partial charge is 0.363 e. The molecule has 8 heteroatoms. The fraction of sp³-hybridized carbons (Fsp3) is 0.438. The van der Waals surface area contributed by atoms with Gasteiger partial charge in [0.05, 0.1) is 0 Å². The SMILES string of the molecule is CN(C)c1ccnc(N2CCCC(NC(=O)c3ccncn3)C2)n1. The number of hydrogen-bond donors (Lipinski definition) is 1. The lowest BCUT2D eigenvalue weighted by Crippen LogP contribution is -2.48. The van der Waals surface area contributed by atoms with Crippen molar-refractivity contribution in [2.45, 2.75) is 18.9 Å². The summed E-state index contributed by atoms with van der Waals surface area (Å²) in [6, 6.07) is 3.54. The molecule has 0 radical (unpaired) electrons. The first-order valence-corrected chi connectivity index (χ1v) is 7.95. The van der Waals surface area contributed by atoms with Crippen LogP contribution in [0.15, 0.2) is 30.9 Å². The van der Waals surface area contributed by atoms with Crippen LogP contribution in [-0.4, -0.2) is 59.1 Å². The molecule has 1 fully saturated rings. The van der Waals surface area contributed by atoms with Gasteiger partial charge in [0, 0.05) is 45.6 Å². The molecular weight excluding hydrogens is 306 g/mol. The number of hydrogen-bond acceptors (Lipinski definition) is 7. The van der Waals surface area contributed by atoms with E-state index >= 15 is 0 Å². The summed E-state index contributed by atoms with van der Waals surface area (Å²) in [7, 11) is 3.90. The molecule has 0 aliphatic carbocycles. The summed E-state index contributed by atoms with van der Waals surface area (Å²) in [5.74, 6) is 1.39. The molecule has 1 saturated heterocycles. The summed E-state index contributed by atoms with van der Waals surface area (Å²) in [6.07, 6.45) is 6.62. The Morgan fingerprint density at radius 2 is 2.17 bits per heavy atom. The van der Waals surface area contributed by atoms with Crippen molar-refractivity contribution in [2.75, 3.05) is 37.0 Å². The predicted octanol–water partition coefficient (Wildman–Crippen LogP) is 0.731. The van der Waals surface area contributed by atoms with E-state index in [1.165, 1.54) is 6.33 Å². The third kappa shape index (κ3) is 3.76. The predicted molar refractivity (Wildman–Crippen MR) is 91.1 cm³/mol. The quantitative estimate of drug-likeness (QED) is 0.886.